The lowest BCUT2D eigenvalue weighted by atomic mass is 10.1. The molecule has 0 fully saturated rings. The van der Waals surface area contributed by atoms with Crippen LogP contribution in [0.15, 0.2) is 47.4 Å². The predicted octanol–water partition coefficient (Wildman–Crippen LogP) is 2.64. The Labute approximate surface area is 148 Å². The molecule has 0 bridgehead atoms. The average Bonchev–Trinajstić information content (AvgIpc) is 3.16. The number of carbonyl (C=O) groups excluding carboxylic acids is 1. The largest absolute Gasteiger partial charge is 0.480 e. The fourth-order valence-corrected chi connectivity index (χ4v) is 4.33. The molecule has 0 spiro atoms. The van der Waals surface area contributed by atoms with E-state index in [1.807, 2.05) is 24.3 Å². The van der Waals surface area contributed by atoms with Gasteiger partial charge < -0.3 is 4.74 Å². The minimum Gasteiger partial charge on any atom is -0.480 e. The van der Waals surface area contributed by atoms with Crippen molar-refractivity contribution in [2.75, 3.05) is 11.6 Å². The number of para-hydroxylation sites is 1. The molecule has 6 nitrogen and oxygen atoms in total. The number of nitrogens with one attached hydrogen (secondary N) is 1. The van der Waals surface area contributed by atoms with Crippen LogP contribution < -0.4 is 10.1 Å². The summed E-state index contributed by atoms with van der Waals surface area (Å²) < 4.78 is 29.6. The summed E-state index contributed by atoms with van der Waals surface area (Å²) in [5.41, 5.74) is 1.65. The van der Waals surface area contributed by atoms with Gasteiger partial charge in [-0.05, 0) is 29.8 Å². The number of amides is 1. The molecule has 3 aromatic rings. The summed E-state index contributed by atoms with van der Waals surface area (Å²) in [6.45, 7) is 0. The number of benzene rings is 2. The highest BCUT2D eigenvalue weighted by Gasteiger charge is 2.29. The molecule has 1 atom stereocenters. The molecule has 0 radical (unpaired) electrons. The third-order valence-corrected chi connectivity index (χ3v) is 6.00. The summed E-state index contributed by atoms with van der Waals surface area (Å²) in [5, 5.41) is 3.18. The summed E-state index contributed by atoms with van der Waals surface area (Å²) in [4.78, 5) is 17.0. The van der Waals surface area contributed by atoms with Crippen molar-refractivity contribution in [2.24, 2.45) is 0 Å². The normalized spacial score (nSPS) is 16.4. The molecule has 1 N–H and O–H groups in total. The van der Waals surface area contributed by atoms with Crippen LogP contribution in [0.4, 0.5) is 5.13 Å². The minimum atomic E-state index is -3.28. The zero-order valence-corrected chi connectivity index (χ0v) is 14.9. The van der Waals surface area contributed by atoms with Crippen molar-refractivity contribution < 1.29 is 17.9 Å². The number of hydrogen-bond donors (Lipinski definition) is 1. The second kappa shape index (κ2) is 5.82. The van der Waals surface area contributed by atoms with E-state index in [1.165, 1.54) is 17.4 Å². The van der Waals surface area contributed by atoms with Crippen molar-refractivity contribution in [1.29, 1.82) is 0 Å². The molecule has 1 aliphatic heterocycles. The van der Waals surface area contributed by atoms with E-state index < -0.39 is 15.9 Å². The molecule has 0 saturated heterocycles. The van der Waals surface area contributed by atoms with Crippen LogP contribution in [0, 0.1) is 0 Å². The second-order valence-electron chi connectivity index (χ2n) is 5.83. The van der Waals surface area contributed by atoms with E-state index in [0.29, 0.717) is 21.8 Å². The molecule has 2 heterocycles. The first kappa shape index (κ1) is 16.0. The van der Waals surface area contributed by atoms with Crippen LogP contribution in [-0.4, -0.2) is 31.7 Å². The highest BCUT2D eigenvalue weighted by molar-refractivity contribution is 7.90. The summed E-state index contributed by atoms with van der Waals surface area (Å²) in [5.74, 6) is 0.461. The molecule has 1 amide bonds. The molecule has 0 aliphatic carbocycles. The van der Waals surface area contributed by atoms with Crippen molar-refractivity contribution in [3.8, 4) is 5.75 Å². The van der Waals surface area contributed by atoms with Crippen LogP contribution in [0.2, 0.25) is 0 Å². The number of fused-ring (bicyclic) bond motifs is 2. The van der Waals surface area contributed by atoms with Crippen molar-refractivity contribution >= 4 is 42.4 Å². The van der Waals surface area contributed by atoms with E-state index >= 15 is 0 Å². The molecular formula is C17H14N2O4S2. The van der Waals surface area contributed by atoms with Crippen LogP contribution in [0.3, 0.4) is 0 Å². The monoisotopic (exact) mass is 374 g/mol. The zero-order chi connectivity index (χ0) is 17.6. The van der Waals surface area contributed by atoms with Crippen molar-refractivity contribution in [1.82, 2.24) is 4.98 Å². The summed E-state index contributed by atoms with van der Waals surface area (Å²) in [6, 6.07) is 12.3. The van der Waals surface area contributed by atoms with Crippen LogP contribution >= 0.6 is 11.3 Å². The highest BCUT2D eigenvalue weighted by atomic mass is 32.2. The average molecular weight is 374 g/mol. The third kappa shape index (κ3) is 3.10. The SMILES string of the molecule is CS(=O)(=O)c1ccc2nc(NC(=O)[C@@H]3Cc4ccccc4O3)sc2c1. The summed E-state index contributed by atoms with van der Waals surface area (Å²) >= 11 is 1.24. The number of rotatable bonds is 3. The van der Waals surface area contributed by atoms with Gasteiger partial charge in [-0.3, -0.25) is 10.1 Å². The number of thiazole rings is 1. The first-order chi connectivity index (χ1) is 11.9. The number of aromatic nitrogens is 1. The zero-order valence-electron chi connectivity index (χ0n) is 13.2. The maximum absolute atomic E-state index is 12.4. The Hall–Kier alpha value is -2.45. The number of carbonyl (C=O) groups is 1. The number of hydrogen-bond acceptors (Lipinski definition) is 6. The molecule has 25 heavy (non-hydrogen) atoms. The smallest absolute Gasteiger partial charge is 0.267 e. The van der Waals surface area contributed by atoms with Crippen LogP contribution in [0.5, 0.6) is 5.75 Å². The topological polar surface area (TPSA) is 85.4 Å². The molecule has 8 heteroatoms. The molecule has 128 valence electrons. The Morgan fingerprint density at radius 3 is 2.84 bits per heavy atom. The number of anilines is 1. The van der Waals surface area contributed by atoms with E-state index in [-0.39, 0.29) is 10.8 Å². The van der Waals surface area contributed by atoms with Crippen LogP contribution in [-0.2, 0) is 21.1 Å². The van der Waals surface area contributed by atoms with Gasteiger partial charge in [0.05, 0.1) is 15.1 Å². The Kier molecular flexibility index (Phi) is 3.73. The van der Waals surface area contributed by atoms with Gasteiger partial charge in [-0.1, -0.05) is 29.5 Å². The first-order valence-corrected chi connectivity index (χ1v) is 10.3. The van der Waals surface area contributed by atoms with Gasteiger partial charge in [0.2, 0.25) is 0 Å². The van der Waals surface area contributed by atoms with Crippen molar-refractivity contribution in [3.05, 3.63) is 48.0 Å². The Morgan fingerprint density at radius 2 is 2.08 bits per heavy atom. The van der Waals surface area contributed by atoms with Crippen LogP contribution in [0.1, 0.15) is 5.56 Å². The van der Waals surface area contributed by atoms with Gasteiger partial charge in [-0.15, -0.1) is 0 Å². The fraction of sp³-hybridized carbons (Fsp3) is 0.176. The lowest BCUT2D eigenvalue weighted by Crippen LogP contribution is -2.31. The van der Waals surface area contributed by atoms with Gasteiger partial charge in [-0.2, -0.15) is 0 Å². The molecule has 0 unspecified atom stereocenters. The van der Waals surface area contributed by atoms with Crippen LogP contribution in [0.25, 0.3) is 10.2 Å². The quantitative estimate of drug-likeness (QED) is 0.762. The van der Waals surface area contributed by atoms with E-state index in [4.69, 9.17) is 4.74 Å². The minimum absolute atomic E-state index is 0.233. The predicted molar refractivity (Wildman–Crippen MR) is 95.9 cm³/mol. The fourth-order valence-electron chi connectivity index (χ4n) is 2.70. The van der Waals surface area contributed by atoms with E-state index in [2.05, 4.69) is 10.3 Å². The maximum atomic E-state index is 12.4. The summed E-state index contributed by atoms with van der Waals surface area (Å²) in [7, 11) is -3.28. The number of ether oxygens (including phenoxy) is 1. The number of sulfone groups is 1. The van der Waals surface area contributed by atoms with Gasteiger partial charge in [0.15, 0.2) is 21.1 Å². The lowest BCUT2D eigenvalue weighted by molar-refractivity contribution is -0.122. The van der Waals surface area contributed by atoms with Crippen molar-refractivity contribution in [3.63, 3.8) is 0 Å². The third-order valence-electron chi connectivity index (χ3n) is 3.96. The van der Waals surface area contributed by atoms with Gasteiger partial charge in [0.1, 0.15) is 5.75 Å². The Bertz CT molecular complexity index is 1060. The maximum Gasteiger partial charge on any atom is 0.267 e. The first-order valence-electron chi connectivity index (χ1n) is 7.56. The van der Waals surface area contributed by atoms with Gasteiger partial charge in [-0.25, -0.2) is 13.4 Å². The lowest BCUT2D eigenvalue weighted by Gasteiger charge is -2.09. The van der Waals surface area contributed by atoms with Gasteiger partial charge in [0, 0.05) is 12.7 Å². The molecule has 2 aromatic carbocycles. The van der Waals surface area contributed by atoms with E-state index in [0.717, 1.165) is 17.6 Å². The highest BCUT2D eigenvalue weighted by Crippen LogP contribution is 2.31. The molecule has 0 saturated carbocycles. The molecule has 1 aliphatic rings. The van der Waals surface area contributed by atoms with Gasteiger partial charge in [0.25, 0.3) is 5.91 Å². The molecular weight excluding hydrogens is 360 g/mol. The Balaban J connectivity index is 1.54. The van der Waals surface area contributed by atoms with E-state index in [9.17, 15) is 13.2 Å². The molecule has 1 aromatic heterocycles. The van der Waals surface area contributed by atoms with Crippen molar-refractivity contribution in [2.45, 2.75) is 17.4 Å². The van der Waals surface area contributed by atoms with E-state index in [1.54, 1.807) is 12.1 Å². The second-order valence-corrected chi connectivity index (χ2v) is 8.87. The number of nitrogens with zero attached hydrogens (tertiary/aromatic N) is 1. The standard InChI is InChI=1S/C17H14N2O4S2/c1-25(21,22)11-6-7-12-15(9-11)24-17(18-12)19-16(20)14-8-10-4-2-3-5-13(10)23-14/h2-7,9,14H,8H2,1H3,(H,18,19,20)/t14-/m0/s1. The summed E-state index contributed by atoms with van der Waals surface area (Å²) in [6.07, 6.45) is 1.09. The Morgan fingerprint density at radius 1 is 1.28 bits per heavy atom. The molecule has 4 rings (SSSR count). The van der Waals surface area contributed by atoms with Gasteiger partial charge >= 0.3 is 0 Å².